The molecule has 1 atom stereocenters. The van der Waals surface area contributed by atoms with E-state index in [0.29, 0.717) is 19.6 Å². The van der Waals surface area contributed by atoms with Crippen LogP contribution in [0.25, 0.3) is 0 Å². The van der Waals surface area contributed by atoms with Crippen LogP contribution in [0.4, 0.5) is 0 Å². The molecule has 1 amide bonds. The van der Waals surface area contributed by atoms with Crippen LogP contribution < -0.4 is 4.74 Å². The zero-order chi connectivity index (χ0) is 19.6. The van der Waals surface area contributed by atoms with Crippen molar-refractivity contribution in [3.05, 3.63) is 34.7 Å². The number of hydrogen-bond donors (Lipinski definition) is 1. The number of thiazole rings is 1. The number of aromatic nitrogens is 3. The fraction of sp³-hybridized carbons (Fsp3) is 0.579. The third kappa shape index (κ3) is 4.01. The van der Waals surface area contributed by atoms with Crippen molar-refractivity contribution in [1.29, 1.82) is 0 Å². The summed E-state index contributed by atoms with van der Waals surface area (Å²) >= 11 is 1.65. The summed E-state index contributed by atoms with van der Waals surface area (Å²) in [6.07, 6.45) is 7.13. The van der Waals surface area contributed by atoms with E-state index in [9.17, 15) is 9.90 Å². The van der Waals surface area contributed by atoms with Gasteiger partial charge in [-0.15, -0.1) is 11.3 Å². The van der Waals surface area contributed by atoms with Crippen LogP contribution >= 0.6 is 11.3 Å². The van der Waals surface area contributed by atoms with E-state index in [0.717, 1.165) is 32.4 Å². The van der Waals surface area contributed by atoms with Crippen molar-refractivity contribution in [3.63, 3.8) is 0 Å². The molecule has 0 saturated carbocycles. The third-order valence-corrected chi connectivity index (χ3v) is 6.50. The van der Waals surface area contributed by atoms with Gasteiger partial charge in [-0.3, -0.25) is 14.7 Å². The smallest absolute Gasteiger partial charge is 0.278 e. The van der Waals surface area contributed by atoms with Gasteiger partial charge in [0.1, 0.15) is 0 Å². The minimum absolute atomic E-state index is 0.0472. The van der Waals surface area contributed by atoms with Gasteiger partial charge in [0.25, 0.3) is 5.91 Å². The molecule has 1 spiro atoms. The average molecular weight is 404 g/mol. The number of aliphatic hydroxyl groups is 1. The molecule has 2 aromatic rings. The lowest BCUT2D eigenvalue weighted by Gasteiger charge is -2.49. The number of methoxy groups -OCH3 is 1. The van der Waals surface area contributed by atoms with E-state index >= 15 is 0 Å². The molecule has 0 aliphatic carbocycles. The number of piperidine rings is 2. The van der Waals surface area contributed by atoms with Gasteiger partial charge in [0, 0.05) is 56.2 Å². The molecule has 2 fully saturated rings. The van der Waals surface area contributed by atoms with Crippen LogP contribution in [-0.4, -0.2) is 75.2 Å². The highest BCUT2D eigenvalue weighted by Crippen LogP contribution is 2.40. The van der Waals surface area contributed by atoms with Crippen LogP contribution in [0, 0.1) is 5.41 Å². The maximum atomic E-state index is 12.9. The van der Waals surface area contributed by atoms with Gasteiger partial charge in [0.15, 0.2) is 5.69 Å². The Balaban J connectivity index is 1.41. The van der Waals surface area contributed by atoms with Crippen molar-refractivity contribution in [2.75, 3.05) is 33.3 Å². The quantitative estimate of drug-likeness (QED) is 0.826. The van der Waals surface area contributed by atoms with E-state index < -0.39 is 0 Å². The van der Waals surface area contributed by atoms with E-state index in [-0.39, 0.29) is 29.0 Å². The van der Waals surface area contributed by atoms with Gasteiger partial charge in [0.2, 0.25) is 5.88 Å². The molecule has 4 heterocycles. The van der Waals surface area contributed by atoms with Crippen LogP contribution in [0.3, 0.4) is 0 Å². The molecule has 28 heavy (non-hydrogen) atoms. The summed E-state index contributed by atoms with van der Waals surface area (Å²) < 4.78 is 5.18. The Morgan fingerprint density at radius 1 is 1.36 bits per heavy atom. The van der Waals surface area contributed by atoms with Crippen molar-refractivity contribution >= 4 is 17.2 Å². The van der Waals surface area contributed by atoms with Crippen LogP contribution in [0.2, 0.25) is 0 Å². The van der Waals surface area contributed by atoms with E-state index in [1.165, 1.54) is 24.4 Å². The van der Waals surface area contributed by atoms with Crippen molar-refractivity contribution in [3.8, 4) is 5.88 Å². The molecule has 9 heteroatoms. The number of β-amino-alcohol motifs (C(OH)–C–C–N with tert-alkyl or cyclic N) is 1. The fourth-order valence-corrected chi connectivity index (χ4v) is 5.08. The van der Waals surface area contributed by atoms with Gasteiger partial charge in [-0.05, 0) is 24.7 Å². The van der Waals surface area contributed by atoms with Gasteiger partial charge in [-0.1, -0.05) is 0 Å². The first-order chi connectivity index (χ1) is 13.6. The predicted molar refractivity (Wildman–Crippen MR) is 104 cm³/mol. The van der Waals surface area contributed by atoms with Gasteiger partial charge in [0.05, 0.1) is 18.7 Å². The monoisotopic (exact) mass is 403 g/mol. The Morgan fingerprint density at radius 3 is 2.86 bits per heavy atom. The molecular formula is C19H25N5O3S. The number of carbonyl (C=O) groups is 1. The summed E-state index contributed by atoms with van der Waals surface area (Å²) in [5.74, 6) is 0.120. The standard InChI is InChI=1S/C19H25N5O3S/c1-27-17-16(21-4-5-22-17)18(26)24-6-2-19(3-7-24)8-14(25)10-23(12-19)11-15-9-20-13-28-15/h4-5,9,13-14,25H,2-3,6-8,10-12H2,1H3. The number of hydrogen-bond acceptors (Lipinski definition) is 8. The highest BCUT2D eigenvalue weighted by molar-refractivity contribution is 7.09. The topological polar surface area (TPSA) is 91.7 Å². The van der Waals surface area contributed by atoms with Crippen LogP contribution in [0.1, 0.15) is 34.6 Å². The summed E-state index contributed by atoms with van der Waals surface area (Å²) in [6.45, 7) is 3.76. The van der Waals surface area contributed by atoms with Gasteiger partial charge >= 0.3 is 0 Å². The van der Waals surface area contributed by atoms with Crippen LogP contribution in [0.5, 0.6) is 5.88 Å². The summed E-state index contributed by atoms with van der Waals surface area (Å²) in [7, 11) is 1.49. The number of amides is 1. The fourth-order valence-electron chi connectivity index (χ4n) is 4.44. The van der Waals surface area contributed by atoms with E-state index in [1.54, 1.807) is 11.3 Å². The SMILES string of the molecule is COc1nccnc1C(=O)N1CCC2(CC1)CC(O)CN(Cc1cncs1)C2. The molecule has 0 radical (unpaired) electrons. The Kier molecular flexibility index (Phi) is 5.56. The molecule has 2 aliphatic heterocycles. The molecule has 4 rings (SSSR count). The van der Waals surface area contributed by atoms with E-state index in [4.69, 9.17) is 4.74 Å². The molecule has 0 aromatic carbocycles. The van der Waals surface area contributed by atoms with Crippen molar-refractivity contribution < 1.29 is 14.6 Å². The summed E-state index contributed by atoms with van der Waals surface area (Å²) in [5, 5.41) is 10.5. The normalized spacial score (nSPS) is 22.4. The molecule has 2 saturated heterocycles. The third-order valence-electron chi connectivity index (χ3n) is 5.73. The molecular weight excluding hydrogens is 378 g/mol. The number of ether oxygens (including phenoxy) is 1. The van der Waals surface area contributed by atoms with Crippen molar-refractivity contribution in [1.82, 2.24) is 24.8 Å². The number of aliphatic hydroxyl groups excluding tert-OH is 1. The minimum Gasteiger partial charge on any atom is -0.479 e. The molecule has 2 aromatic heterocycles. The second-order valence-electron chi connectivity index (χ2n) is 7.70. The average Bonchev–Trinajstić information content (AvgIpc) is 3.20. The maximum absolute atomic E-state index is 12.9. The summed E-state index contributed by atoms with van der Waals surface area (Å²) in [5.41, 5.74) is 2.15. The highest BCUT2D eigenvalue weighted by atomic mass is 32.1. The van der Waals surface area contributed by atoms with Gasteiger partial charge < -0.3 is 14.7 Å². The van der Waals surface area contributed by atoms with Crippen molar-refractivity contribution in [2.24, 2.45) is 5.41 Å². The zero-order valence-electron chi connectivity index (χ0n) is 16.0. The zero-order valence-corrected chi connectivity index (χ0v) is 16.8. The Bertz CT molecular complexity index is 808. The van der Waals surface area contributed by atoms with Gasteiger partial charge in [-0.2, -0.15) is 0 Å². The lowest BCUT2D eigenvalue weighted by Crippen LogP contribution is -2.54. The molecule has 8 nitrogen and oxygen atoms in total. The maximum Gasteiger partial charge on any atom is 0.278 e. The first-order valence-corrected chi connectivity index (χ1v) is 10.4. The van der Waals surface area contributed by atoms with Crippen LogP contribution in [0.15, 0.2) is 24.1 Å². The number of likely N-dealkylation sites (tertiary alicyclic amines) is 2. The molecule has 1 N–H and O–H groups in total. The summed E-state index contributed by atoms with van der Waals surface area (Å²) in [6, 6.07) is 0. The minimum atomic E-state index is -0.330. The first-order valence-electron chi connectivity index (χ1n) is 9.51. The summed E-state index contributed by atoms with van der Waals surface area (Å²) in [4.78, 5) is 30.6. The van der Waals surface area contributed by atoms with Gasteiger partial charge in [-0.25, -0.2) is 9.97 Å². The lowest BCUT2D eigenvalue weighted by atomic mass is 9.71. The highest BCUT2D eigenvalue weighted by Gasteiger charge is 2.42. The molecule has 1 unspecified atom stereocenters. The Morgan fingerprint density at radius 2 is 2.14 bits per heavy atom. The number of nitrogens with zero attached hydrogens (tertiary/aromatic N) is 5. The predicted octanol–water partition coefficient (Wildman–Crippen LogP) is 1.43. The second-order valence-corrected chi connectivity index (χ2v) is 8.67. The first kappa shape index (κ1) is 19.2. The molecule has 0 bridgehead atoms. The Hall–Kier alpha value is -2.10. The second kappa shape index (κ2) is 8.10. The van der Waals surface area contributed by atoms with E-state index in [1.807, 2.05) is 16.6 Å². The number of rotatable bonds is 4. The van der Waals surface area contributed by atoms with Crippen LogP contribution in [-0.2, 0) is 6.54 Å². The number of carbonyl (C=O) groups excluding carboxylic acids is 1. The van der Waals surface area contributed by atoms with E-state index in [2.05, 4.69) is 19.9 Å². The largest absolute Gasteiger partial charge is 0.479 e. The Labute approximate surface area is 168 Å². The van der Waals surface area contributed by atoms with Crippen molar-refractivity contribution in [2.45, 2.75) is 31.9 Å². The molecule has 150 valence electrons. The molecule has 2 aliphatic rings. The lowest BCUT2D eigenvalue weighted by molar-refractivity contribution is -0.0402.